The van der Waals surface area contributed by atoms with Crippen LogP contribution in [0.15, 0.2) is 0 Å². The SMILES string of the molecule is CCN1CCCC1C1(O)CC1. The third-order valence-electron chi connectivity index (χ3n) is 3.15. The third-order valence-corrected chi connectivity index (χ3v) is 3.15. The van der Waals surface area contributed by atoms with Gasteiger partial charge < -0.3 is 5.11 Å². The average molecular weight is 155 g/mol. The van der Waals surface area contributed by atoms with Gasteiger partial charge in [0.15, 0.2) is 0 Å². The van der Waals surface area contributed by atoms with Crippen LogP contribution in [0, 0.1) is 0 Å². The van der Waals surface area contributed by atoms with E-state index in [1.165, 1.54) is 19.4 Å². The molecule has 0 aromatic carbocycles. The van der Waals surface area contributed by atoms with Crippen molar-refractivity contribution >= 4 is 0 Å². The van der Waals surface area contributed by atoms with Crippen LogP contribution >= 0.6 is 0 Å². The van der Waals surface area contributed by atoms with Gasteiger partial charge in [0.25, 0.3) is 0 Å². The van der Waals surface area contributed by atoms with E-state index in [-0.39, 0.29) is 5.60 Å². The zero-order valence-corrected chi connectivity index (χ0v) is 7.21. The van der Waals surface area contributed by atoms with E-state index in [0.717, 1.165) is 19.4 Å². The Labute approximate surface area is 68.2 Å². The lowest BCUT2D eigenvalue weighted by molar-refractivity contribution is 0.0540. The van der Waals surface area contributed by atoms with Crippen LogP contribution in [0.1, 0.15) is 32.6 Å². The van der Waals surface area contributed by atoms with Crippen LogP contribution < -0.4 is 0 Å². The van der Waals surface area contributed by atoms with E-state index < -0.39 is 0 Å². The highest BCUT2D eigenvalue weighted by atomic mass is 16.3. The molecule has 1 aliphatic heterocycles. The molecule has 1 saturated heterocycles. The van der Waals surface area contributed by atoms with Gasteiger partial charge in [0.1, 0.15) is 0 Å². The van der Waals surface area contributed by atoms with Gasteiger partial charge in [-0.2, -0.15) is 0 Å². The minimum Gasteiger partial charge on any atom is -0.388 e. The van der Waals surface area contributed by atoms with Crippen molar-refractivity contribution in [2.75, 3.05) is 13.1 Å². The molecule has 1 unspecified atom stereocenters. The summed E-state index contributed by atoms with van der Waals surface area (Å²) in [6, 6.07) is 0.493. The second-order valence-electron chi connectivity index (χ2n) is 3.89. The Morgan fingerprint density at radius 2 is 2.27 bits per heavy atom. The number of rotatable bonds is 2. The lowest BCUT2D eigenvalue weighted by Gasteiger charge is -2.27. The highest BCUT2D eigenvalue weighted by molar-refractivity contribution is 5.05. The monoisotopic (exact) mass is 155 g/mol. The number of aliphatic hydroxyl groups is 1. The van der Waals surface area contributed by atoms with Crippen molar-refractivity contribution in [2.24, 2.45) is 0 Å². The number of hydrogen-bond donors (Lipinski definition) is 1. The molecule has 2 heteroatoms. The van der Waals surface area contributed by atoms with Crippen molar-refractivity contribution in [3.63, 3.8) is 0 Å². The molecule has 1 aliphatic carbocycles. The van der Waals surface area contributed by atoms with Crippen molar-refractivity contribution in [1.29, 1.82) is 0 Å². The zero-order chi connectivity index (χ0) is 7.90. The molecule has 11 heavy (non-hydrogen) atoms. The number of hydrogen-bond acceptors (Lipinski definition) is 2. The second-order valence-corrected chi connectivity index (χ2v) is 3.89. The molecule has 1 saturated carbocycles. The van der Waals surface area contributed by atoms with Gasteiger partial charge in [0, 0.05) is 6.04 Å². The maximum absolute atomic E-state index is 9.89. The molecule has 2 rings (SSSR count). The van der Waals surface area contributed by atoms with E-state index in [2.05, 4.69) is 11.8 Å². The molecule has 0 spiro atoms. The number of likely N-dealkylation sites (N-methyl/N-ethyl adjacent to an activating group) is 1. The molecule has 1 N–H and O–H groups in total. The summed E-state index contributed by atoms with van der Waals surface area (Å²) in [4.78, 5) is 2.42. The summed E-state index contributed by atoms with van der Waals surface area (Å²) in [7, 11) is 0. The lowest BCUT2D eigenvalue weighted by atomic mass is 10.1. The fraction of sp³-hybridized carbons (Fsp3) is 1.00. The Kier molecular flexibility index (Phi) is 1.69. The summed E-state index contributed by atoms with van der Waals surface area (Å²) in [5, 5.41) is 9.89. The average Bonchev–Trinajstić information content (AvgIpc) is 2.61. The van der Waals surface area contributed by atoms with E-state index in [0.29, 0.717) is 6.04 Å². The molecule has 0 bridgehead atoms. The summed E-state index contributed by atoms with van der Waals surface area (Å²) in [5.74, 6) is 0. The normalized spacial score (nSPS) is 36.0. The highest BCUT2D eigenvalue weighted by Crippen LogP contribution is 2.44. The van der Waals surface area contributed by atoms with E-state index in [9.17, 15) is 5.11 Å². The Hall–Kier alpha value is -0.0800. The van der Waals surface area contributed by atoms with E-state index in [1.807, 2.05) is 0 Å². The fourth-order valence-electron chi connectivity index (χ4n) is 2.27. The smallest absolute Gasteiger partial charge is 0.0804 e. The molecule has 64 valence electrons. The van der Waals surface area contributed by atoms with Crippen molar-refractivity contribution in [3.8, 4) is 0 Å². The molecular weight excluding hydrogens is 138 g/mol. The Morgan fingerprint density at radius 3 is 2.82 bits per heavy atom. The molecular formula is C9H17NO. The molecule has 0 radical (unpaired) electrons. The minimum absolute atomic E-state index is 0.271. The maximum Gasteiger partial charge on any atom is 0.0804 e. The summed E-state index contributed by atoms with van der Waals surface area (Å²) < 4.78 is 0. The van der Waals surface area contributed by atoms with Crippen molar-refractivity contribution < 1.29 is 5.11 Å². The Bertz CT molecular complexity index is 154. The fourth-order valence-corrected chi connectivity index (χ4v) is 2.27. The van der Waals surface area contributed by atoms with Gasteiger partial charge in [0.2, 0.25) is 0 Å². The molecule has 2 nitrogen and oxygen atoms in total. The van der Waals surface area contributed by atoms with Crippen LogP contribution in [-0.2, 0) is 0 Å². The summed E-state index contributed by atoms with van der Waals surface area (Å²) in [5.41, 5.74) is -0.271. The van der Waals surface area contributed by atoms with Crippen LogP contribution in [0.5, 0.6) is 0 Å². The predicted molar refractivity (Wildman–Crippen MR) is 44.5 cm³/mol. The molecule has 1 atom stereocenters. The van der Waals surface area contributed by atoms with Crippen molar-refractivity contribution in [2.45, 2.75) is 44.2 Å². The van der Waals surface area contributed by atoms with Crippen LogP contribution in [0.3, 0.4) is 0 Å². The van der Waals surface area contributed by atoms with E-state index in [1.54, 1.807) is 0 Å². The van der Waals surface area contributed by atoms with Crippen LogP contribution in [0.25, 0.3) is 0 Å². The molecule has 0 aromatic rings. The first-order chi connectivity index (χ1) is 5.26. The lowest BCUT2D eigenvalue weighted by Crippen LogP contribution is -2.40. The second kappa shape index (κ2) is 2.46. The first-order valence-corrected chi connectivity index (χ1v) is 4.73. The van der Waals surface area contributed by atoms with Gasteiger partial charge >= 0.3 is 0 Å². The zero-order valence-electron chi connectivity index (χ0n) is 7.21. The molecule has 2 fully saturated rings. The highest BCUT2D eigenvalue weighted by Gasteiger charge is 2.50. The van der Waals surface area contributed by atoms with Crippen molar-refractivity contribution in [1.82, 2.24) is 4.90 Å². The summed E-state index contributed by atoms with van der Waals surface area (Å²) in [6.07, 6.45) is 4.56. The van der Waals surface area contributed by atoms with Crippen molar-refractivity contribution in [3.05, 3.63) is 0 Å². The van der Waals surface area contributed by atoms with Gasteiger partial charge in [-0.25, -0.2) is 0 Å². The van der Waals surface area contributed by atoms with Crippen LogP contribution in [-0.4, -0.2) is 34.7 Å². The first kappa shape index (κ1) is 7.56. The molecule has 0 amide bonds. The summed E-state index contributed by atoms with van der Waals surface area (Å²) >= 11 is 0. The summed E-state index contributed by atoms with van der Waals surface area (Å²) in [6.45, 7) is 4.49. The van der Waals surface area contributed by atoms with Gasteiger partial charge in [-0.05, 0) is 38.8 Å². The molecule has 2 aliphatic rings. The molecule has 1 heterocycles. The van der Waals surface area contributed by atoms with Crippen LogP contribution in [0.4, 0.5) is 0 Å². The maximum atomic E-state index is 9.89. The topological polar surface area (TPSA) is 23.5 Å². The van der Waals surface area contributed by atoms with Gasteiger partial charge in [-0.1, -0.05) is 6.92 Å². The number of likely N-dealkylation sites (tertiary alicyclic amines) is 1. The van der Waals surface area contributed by atoms with Crippen LogP contribution in [0.2, 0.25) is 0 Å². The Morgan fingerprint density at radius 1 is 1.55 bits per heavy atom. The van der Waals surface area contributed by atoms with E-state index in [4.69, 9.17) is 0 Å². The van der Waals surface area contributed by atoms with Gasteiger partial charge in [0.05, 0.1) is 5.60 Å². The third kappa shape index (κ3) is 1.18. The van der Waals surface area contributed by atoms with E-state index >= 15 is 0 Å². The standard InChI is InChI=1S/C9H17NO/c1-2-10-7-3-4-8(10)9(11)5-6-9/h8,11H,2-7H2,1H3. The largest absolute Gasteiger partial charge is 0.388 e. The number of nitrogens with zero attached hydrogens (tertiary/aromatic N) is 1. The van der Waals surface area contributed by atoms with Gasteiger partial charge in [-0.15, -0.1) is 0 Å². The molecule has 0 aromatic heterocycles. The predicted octanol–water partition coefficient (Wildman–Crippen LogP) is 0.996. The minimum atomic E-state index is -0.271. The Balaban J connectivity index is 2.01. The first-order valence-electron chi connectivity index (χ1n) is 4.73. The quantitative estimate of drug-likeness (QED) is 0.643. The van der Waals surface area contributed by atoms with Gasteiger partial charge in [-0.3, -0.25) is 4.90 Å².